The summed E-state index contributed by atoms with van der Waals surface area (Å²) in [5.74, 6) is 1.09. The third kappa shape index (κ3) is 3.26. The highest BCUT2D eigenvalue weighted by atomic mass is 16.5. The molecule has 1 aliphatic heterocycles. The van der Waals surface area contributed by atoms with Crippen molar-refractivity contribution in [1.82, 2.24) is 0 Å². The molecule has 1 aromatic rings. The van der Waals surface area contributed by atoms with Crippen molar-refractivity contribution in [3.05, 3.63) is 29.3 Å². The molecule has 0 bridgehead atoms. The Morgan fingerprint density at radius 3 is 2.60 bits per heavy atom. The first-order chi connectivity index (χ1) is 6.77. The van der Waals surface area contributed by atoms with Crippen LogP contribution in [0.3, 0.4) is 0 Å². The summed E-state index contributed by atoms with van der Waals surface area (Å²) in [6.07, 6.45) is 2.71. The third-order valence-corrected chi connectivity index (χ3v) is 2.50. The lowest BCUT2D eigenvalue weighted by Gasteiger charge is -2.24. The highest BCUT2D eigenvalue weighted by Crippen LogP contribution is 2.29. The molecule has 1 heteroatoms. The van der Waals surface area contributed by atoms with Crippen molar-refractivity contribution >= 4 is 0 Å². The summed E-state index contributed by atoms with van der Waals surface area (Å²) in [7, 11) is 0. The van der Waals surface area contributed by atoms with Crippen LogP contribution in [0.2, 0.25) is 0 Å². The summed E-state index contributed by atoms with van der Waals surface area (Å²) in [5, 5.41) is 0. The Labute approximate surface area is 94.5 Å². The number of benzene rings is 1. The molecule has 86 valence electrons. The Morgan fingerprint density at radius 1 is 1.27 bits per heavy atom. The minimum atomic E-state index is 0. The van der Waals surface area contributed by atoms with Gasteiger partial charge in [-0.05, 0) is 43.9 Å². The fourth-order valence-corrected chi connectivity index (χ4v) is 1.73. The average Bonchev–Trinajstić information content (AvgIpc) is 2.21. The maximum Gasteiger partial charge on any atom is 0.123 e. The lowest BCUT2D eigenvalue weighted by Crippen LogP contribution is -2.19. The van der Waals surface area contributed by atoms with E-state index in [4.69, 9.17) is 4.74 Å². The molecule has 1 nitrogen and oxygen atoms in total. The van der Waals surface area contributed by atoms with Crippen LogP contribution in [0.15, 0.2) is 18.2 Å². The second-order valence-electron chi connectivity index (χ2n) is 3.52. The molecule has 0 spiro atoms. The van der Waals surface area contributed by atoms with Crippen molar-refractivity contribution in [3.63, 3.8) is 0 Å². The van der Waals surface area contributed by atoms with Crippen molar-refractivity contribution in [1.29, 1.82) is 0 Å². The zero-order chi connectivity index (χ0) is 10.6. The van der Waals surface area contributed by atoms with E-state index in [0.29, 0.717) is 6.10 Å². The van der Waals surface area contributed by atoms with Gasteiger partial charge in [-0.2, -0.15) is 0 Å². The number of aryl methyl sites for hydroxylation is 1. The van der Waals surface area contributed by atoms with Gasteiger partial charge in [0.1, 0.15) is 5.75 Å². The van der Waals surface area contributed by atoms with Crippen molar-refractivity contribution in [2.45, 2.75) is 54.1 Å². The van der Waals surface area contributed by atoms with Crippen LogP contribution in [-0.2, 0) is 6.42 Å². The Balaban J connectivity index is 0.000000617. The molecule has 0 aliphatic carbocycles. The van der Waals surface area contributed by atoms with Gasteiger partial charge in [0.15, 0.2) is 0 Å². The smallest absolute Gasteiger partial charge is 0.123 e. The van der Waals surface area contributed by atoms with E-state index in [-0.39, 0.29) is 7.43 Å². The predicted molar refractivity (Wildman–Crippen MR) is 67.7 cm³/mol. The van der Waals surface area contributed by atoms with Crippen LogP contribution in [-0.4, -0.2) is 6.10 Å². The van der Waals surface area contributed by atoms with Crippen molar-refractivity contribution in [2.24, 2.45) is 0 Å². The van der Waals surface area contributed by atoms with Gasteiger partial charge in [-0.15, -0.1) is 0 Å². The molecule has 1 heterocycles. The molecule has 1 atom stereocenters. The highest BCUT2D eigenvalue weighted by molar-refractivity contribution is 5.40. The van der Waals surface area contributed by atoms with Gasteiger partial charge in [0, 0.05) is 0 Å². The van der Waals surface area contributed by atoms with Gasteiger partial charge in [0.25, 0.3) is 0 Å². The molecule has 15 heavy (non-hydrogen) atoms. The highest BCUT2D eigenvalue weighted by Gasteiger charge is 2.16. The Bertz CT molecular complexity index is 291. The summed E-state index contributed by atoms with van der Waals surface area (Å²) in [6.45, 7) is 8.28. The van der Waals surface area contributed by atoms with Gasteiger partial charge in [-0.25, -0.2) is 0 Å². The number of fused-ring (bicyclic) bond motifs is 1. The first-order valence-corrected chi connectivity index (χ1v) is 5.52. The standard InChI is InChI=1S/C11H14O.C2H6.CH4/c1-8-4-3-5-11-10(8)7-6-9(2)12-11;1-2;/h3-5,9H,6-7H2,1-2H3;1-2H3;1H4. The Morgan fingerprint density at radius 2 is 1.93 bits per heavy atom. The van der Waals surface area contributed by atoms with E-state index in [1.165, 1.54) is 17.5 Å². The lowest BCUT2D eigenvalue weighted by atomic mass is 9.99. The number of rotatable bonds is 0. The SMILES string of the molecule is C.CC.Cc1cccc2c1CCC(C)O2. The van der Waals surface area contributed by atoms with Crippen LogP contribution in [0, 0.1) is 6.92 Å². The van der Waals surface area contributed by atoms with Gasteiger partial charge < -0.3 is 4.74 Å². The predicted octanol–water partition coefficient (Wildman–Crippen LogP) is 4.37. The summed E-state index contributed by atoms with van der Waals surface area (Å²) in [5.41, 5.74) is 2.76. The minimum Gasteiger partial charge on any atom is -0.490 e. The molecule has 1 aromatic carbocycles. The van der Waals surface area contributed by atoms with Gasteiger partial charge in [0.2, 0.25) is 0 Å². The first-order valence-electron chi connectivity index (χ1n) is 5.52. The molecule has 0 N–H and O–H groups in total. The summed E-state index contributed by atoms with van der Waals surface area (Å²) in [6, 6.07) is 6.28. The van der Waals surface area contributed by atoms with E-state index >= 15 is 0 Å². The maximum absolute atomic E-state index is 5.71. The molecular formula is C14H24O. The zero-order valence-electron chi connectivity index (χ0n) is 9.63. The van der Waals surface area contributed by atoms with Crippen molar-refractivity contribution in [3.8, 4) is 5.75 Å². The van der Waals surface area contributed by atoms with Crippen LogP contribution in [0.25, 0.3) is 0 Å². The van der Waals surface area contributed by atoms with E-state index < -0.39 is 0 Å². The minimum absolute atomic E-state index is 0. The monoisotopic (exact) mass is 208 g/mol. The van der Waals surface area contributed by atoms with Gasteiger partial charge in [0.05, 0.1) is 6.10 Å². The van der Waals surface area contributed by atoms with Crippen LogP contribution >= 0.6 is 0 Å². The Hall–Kier alpha value is -0.980. The second-order valence-corrected chi connectivity index (χ2v) is 3.52. The van der Waals surface area contributed by atoms with Crippen LogP contribution < -0.4 is 4.74 Å². The van der Waals surface area contributed by atoms with Gasteiger partial charge in [-0.1, -0.05) is 33.4 Å². The zero-order valence-corrected chi connectivity index (χ0v) is 9.63. The van der Waals surface area contributed by atoms with Crippen molar-refractivity contribution in [2.75, 3.05) is 0 Å². The topological polar surface area (TPSA) is 9.23 Å². The molecular weight excluding hydrogens is 184 g/mol. The van der Waals surface area contributed by atoms with Gasteiger partial charge in [-0.3, -0.25) is 0 Å². The summed E-state index contributed by atoms with van der Waals surface area (Å²) < 4.78 is 5.71. The molecule has 0 saturated heterocycles. The fraction of sp³-hybridized carbons (Fsp3) is 0.571. The first kappa shape index (κ1) is 14.0. The Kier molecular flexibility index (Phi) is 6.07. The molecule has 1 aliphatic rings. The summed E-state index contributed by atoms with van der Waals surface area (Å²) >= 11 is 0. The maximum atomic E-state index is 5.71. The normalized spacial score (nSPS) is 17.5. The molecule has 0 radical (unpaired) electrons. The van der Waals surface area contributed by atoms with Crippen LogP contribution in [0.5, 0.6) is 5.75 Å². The lowest BCUT2D eigenvalue weighted by molar-refractivity contribution is 0.192. The van der Waals surface area contributed by atoms with E-state index in [2.05, 4.69) is 32.0 Å². The molecule has 0 saturated carbocycles. The largest absolute Gasteiger partial charge is 0.490 e. The number of hydrogen-bond donors (Lipinski definition) is 0. The van der Waals surface area contributed by atoms with E-state index in [9.17, 15) is 0 Å². The quantitative estimate of drug-likeness (QED) is 0.615. The molecule has 0 amide bonds. The van der Waals surface area contributed by atoms with Gasteiger partial charge >= 0.3 is 0 Å². The fourth-order valence-electron chi connectivity index (χ4n) is 1.73. The molecule has 2 rings (SSSR count). The van der Waals surface area contributed by atoms with Crippen LogP contribution in [0.4, 0.5) is 0 Å². The second kappa shape index (κ2) is 6.49. The molecule has 1 unspecified atom stereocenters. The third-order valence-electron chi connectivity index (χ3n) is 2.50. The number of ether oxygens (including phenoxy) is 1. The molecule has 0 fully saturated rings. The van der Waals surface area contributed by atoms with Crippen LogP contribution in [0.1, 0.15) is 45.7 Å². The summed E-state index contributed by atoms with van der Waals surface area (Å²) in [4.78, 5) is 0. The molecule has 0 aromatic heterocycles. The van der Waals surface area contributed by atoms with E-state index in [1.807, 2.05) is 13.8 Å². The van der Waals surface area contributed by atoms with E-state index in [0.717, 1.165) is 12.2 Å². The van der Waals surface area contributed by atoms with E-state index in [1.54, 1.807) is 0 Å². The average molecular weight is 208 g/mol. The van der Waals surface area contributed by atoms with Crippen molar-refractivity contribution < 1.29 is 4.74 Å². The number of hydrogen-bond acceptors (Lipinski definition) is 1.